The van der Waals surface area contributed by atoms with Gasteiger partial charge in [-0.05, 0) is 36.8 Å². The van der Waals surface area contributed by atoms with E-state index >= 15 is 0 Å². The Bertz CT molecular complexity index is 1230. The first-order valence-electron chi connectivity index (χ1n) is 10.5. The van der Waals surface area contributed by atoms with Crippen LogP contribution in [-0.2, 0) is 4.79 Å². The maximum atomic E-state index is 12.8. The summed E-state index contributed by atoms with van der Waals surface area (Å²) < 4.78 is 38.9. The van der Waals surface area contributed by atoms with Crippen LogP contribution in [0.15, 0.2) is 48.8 Å². The number of pyridine rings is 1. The Kier molecular flexibility index (Phi) is 7.62. The van der Waals surface area contributed by atoms with Gasteiger partial charge in [0.15, 0.2) is 0 Å². The molecule has 9 nitrogen and oxygen atoms in total. The van der Waals surface area contributed by atoms with Gasteiger partial charge in [-0.1, -0.05) is 12.1 Å². The largest absolute Gasteiger partial charge is 0.496 e. The Hall–Kier alpha value is -4.09. The number of aryl methyl sites for hydroxylation is 1. The maximum absolute atomic E-state index is 12.8. The SMILES string of the molecule is COc1ccccc1C(=O)N1CCN(C(=O)c2cn3ccc(C)cc3n2)CC1.O=C(O)C(F)(F)F. The maximum Gasteiger partial charge on any atom is 0.490 e. The molecule has 1 saturated heterocycles. The van der Waals surface area contributed by atoms with E-state index in [2.05, 4.69) is 4.98 Å². The number of benzene rings is 1. The van der Waals surface area contributed by atoms with Crippen molar-refractivity contribution < 1.29 is 37.4 Å². The van der Waals surface area contributed by atoms with E-state index in [1.54, 1.807) is 35.2 Å². The van der Waals surface area contributed by atoms with Gasteiger partial charge in [0, 0.05) is 38.6 Å². The van der Waals surface area contributed by atoms with Crippen molar-refractivity contribution in [2.24, 2.45) is 0 Å². The molecule has 0 radical (unpaired) electrons. The molecule has 2 aromatic heterocycles. The molecule has 3 aromatic rings. The van der Waals surface area contributed by atoms with Crippen LogP contribution in [0.5, 0.6) is 5.75 Å². The van der Waals surface area contributed by atoms with Crippen molar-refractivity contribution >= 4 is 23.4 Å². The van der Waals surface area contributed by atoms with Crippen molar-refractivity contribution in [1.82, 2.24) is 19.2 Å². The monoisotopic (exact) mass is 492 g/mol. The molecule has 35 heavy (non-hydrogen) atoms. The molecule has 1 N–H and O–H groups in total. The predicted molar refractivity (Wildman–Crippen MR) is 118 cm³/mol. The topological polar surface area (TPSA) is 104 Å². The molecule has 1 aromatic carbocycles. The van der Waals surface area contributed by atoms with Crippen molar-refractivity contribution in [3.63, 3.8) is 0 Å². The fraction of sp³-hybridized carbons (Fsp3) is 0.304. The van der Waals surface area contributed by atoms with Gasteiger partial charge in [-0.2, -0.15) is 13.2 Å². The molecule has 1 aliphatic heterocycles. The molecule has 0 bridgehead atoms. The number of carbonyl (C=O) groups is 3. The first-order valence-corrected chi connectivity index (χ1v) is 10.5. The zero-order valence-electron chi connectivity index (χ0n) is 19.0. The number of imidazole rings is 1. The number of ether oxygens (including phenoxy) is 1. The van der Waals surface area contributed by atoms with Crippen LogP contribution >= 0.6 is 0 Å². The molecule has 0 atom stereocenters. The number of piperazine rings is 1. The summed E-state index contributed by atoms with van der Waals surface area (Å²) in [6, 6.07) is 11.1. The summed E-state index contributed by atoms with van der Waals surface area (Å²) >= 11 is 0. The zero-order valence-corrected chi connectivity index (χ0v) is 19.0. The highest BCUT2D eigenvalue weighted by Crippen LogP contribution is 2.20. The summed E-state index contributed by atoms with van der Waals surface area (Å²) in [5.41, 5.74) is 2.82. The fourth-order valence-electron chi connectivity index (χ4n) is 3.45. The standard InChI is InChI=1S/C21H22N4O3.C2HF3O2/c1-15-7-8-25-14-17(22-19(25)13-15)21(27)24-11-9-23(10-12-24)20(26)16-5-3-4-6-18(16)28-2;3-2(4,5)1(6)7/h3-8,13-14H,9-12H2,1-2H3;(H,6,7). The molecule has 3 heterocycles. The molecule has 0 spiro atoms. The number of aromatic nitrogens is 2. The first kappa shape index (κ1) is 25.5. The Labute approximate surface area is 198 Å². The summed E-state index contributed by atoms with van der Waals surface area (Å²) in [4.78, 5) is 42.5. The number of hydrogen-bond acceptors (Lipinski definition) is 5. The van der Waals surface area contributed by atoms with Crippen LogP contribution in [0.2, 0.25) is 0 Å². The van der Waals surface area contributed by atoms with Crippen LogP contribution < -0.4 is 4.74 Å². The van der Waals surface area contributed by atoms with Gasteiger partial charge in [0.2, 0.25) is 0 Å². The summed E-state index contributed by atoms with van der Waals surface area (Å²) in [5.74, 6) is -2.38. The van der Waals surface area contributed by atoms with E-state index < -0.39 is 12.1 Å². The van der Waals surface area contributed by atoms with E-state index in [1.165, 1.54) is 0 Å². The van der Waals surface area contributed by atoms with E-state index in [0.29, 0.717) is 43.2 Å². The molecule has 4 rings (SSSR count). The van der Waals surface area contributed by atoms with Gasteiger partial charge >= 0.3 is 12.1 Å². The predicted octanol–water partition coefficient (Wildman–Crippen LogP) is 2.88. The van der Waals surface area contributed by atoms with Crippen molar-refractivity contribution in [2.75, 3.05) is 33.3 Å². The third-order valence-corrected chi connectivity index (χ3v) is 5.27. The number of hydrogen-bond donors (Lipinski definition) is 1. The number of alkyl halides is 3. The fourth-order valence-corrected chi connectivity index (χ4v) is 3.45. The number of para-hydroxylation sites is 1. The third-order valence-electron chi connectivity index (χ3n) is 5.27. The lowest BCUT2D eigenvalue weighted by molar-refractivity contribution is -0.192. The van der Waals surface area contributed by atoms with E-state index in [4.69, 9.17) is 14.6 Å². The minimum Gasteiger partial charge on any atom is -0.496 e. The van der Waals surface area contributed by atoms with E-state index in [9.17, 15) is 22.8 Å². The molecule has 0 saturated carbocycles. The van der Waals surface area contributed by atoms with Crippen molar-refractivity contribution in [3.8, 4) is 5.75 Å². The van der Waals surface area contributed by atoms with E-state index in [1.807, 2.05) is 41.8 Å². The summed E-state index contributed by atoms with van der Waals surface area (Å²) in [6.45, 7) is 3.91. The molecule has 186 valence electrons. The Morgan fingerprint density at radius 1 is 1.00 bits per heavy atom. The lowest BCUT2D eigenvalue weighted by Gasteiger charge is -2.34. The van der Waals surface area contributed by atoms with Crippen molar-refractivity contribution in [2.45, 2.75) is 13.1 Å². The van der Waals surface area contributed by atoms with Gasteiger partial charge in [-0.3, -0.25) is 9.59 Å². The summed E-state index contributed by atoms with van der Waals surface area (Å²) in [7, 11) is 1.55. The third kappa shape index (κ3) is 6.08. The van der Waals surface area contributed by atoms with Gasteiger partial charge in [0.05, 0.1) is 12.7 Å². The quantitative estimate of drug-likeness (QED) is 0.603. The number of rotatable bonds is 3. The highest BCUT2D eigenvalue weighted by atomic mass is 19.4. The second-order valence-corrected chi connectivity index (χ2v) is 7.68. The molecule has 0 aliphatic carbocycles. The highest BCUT2D eigenvalue weighted by Gasteiger charge is 2.38. The molecule has 1 fully saturated rings. The Balaban J connectivity index is 0.000000429. The van der Waals surface area contributed by atoms with Gasteiger partial charge in [-0.25, -0.2) is 9.78 Å². The summed E-state index contributed by atoms with van der Waals surface area (Å²) in [5, 5.41) is 7.12. The second-order valence-electron chi connectivity index (χ2n) is 7.68. The Morgan fingerprint density at radius 2 is 1.57 bits per heavy atom. The number of carboxylic acid groups (broad SMARTS) is 1. The molecule has 12 heteroatoms. The molecular weight excluding hydrogens is 469 g/mol. The van der Waals surface area contributed by atoms with Crippen LogP contribution in [-0.4, -0.2) is 81.5 Å². The lowest BCUT2D eigenvalue weighted by Crippen LogP contribution is -2.50. The number of nitrogens with zero attached hydrogens (tertiary/aromatic N) is 4. The number of carbonyl (C=O) groups excluding carboxylic acids is 2. The van der Waals surface area contributed by atoms with Gasteiger partial charge in [-0.15, -0.1) is 0 Å². The number of carboxylic acids is 1. The average Bonchev–Trinajstić information content (AvgIpc) is 3.26. The molecular formula is C23H23F3N4O5. The number of aliphatic carboxylic acids is 1. The first-order chi connectivity index (χ1) is 16.5. The minimum atomic E-state index is -5.08. The van der Waals surface area contributed by atoms with Crippen LogP contribution in [0.25, 0.3) is 5.65 Å². The number of amides is 2. The molecule has 2 amide bonds. The Morgan fingerprint density at radius 3 is 2.14 bits per heavy atom. The average molecular weight is 492 g/mol. The molecule has 1 aliphatic rings. The number of methoxy groups -OCH3 is 1. The highest BCUT2D eigenvalue weighted by molar-refractivity contribution is 5.97. The minimum absolute atomic E-state index is 0.0762. The number of fused-ring (bicyclic) bond motifs is 1. The van der Waals surface area contributed by atoms with Gasteiger partial charge < -0.3 is 24.0 Å². The van der Waals surface area contributed by atoms with Gasteiger partial charge in [0.25, 0.3) is 11.8 Å². The van der Waals surface area contributed by atoms with Crippen molar-refractivity contribution in [3.05, 3.63) is 65.6 Å². The summed E-state index contributed by atoms with van der Waals surface area (Å²) in [6.07, 6.45) is -1.43. The van der Waals surface area contributed by atoms with Crippen molar-refractivity contribution in [1.29, 1.82) is 0 Å². The van der Waals surface area contributed by atoms with Crippen LogP contribution in [0, 0.1) is 6.92 Å². The second kappa shape index (κ2) is 10.5. The van der Waals surface area contributed by atoms with Crippen LogP contribution in [0.3, 0.4) is 0 Å². The number of halogens is 3. The normalized spacial score (nSPS) is 13.7. The van der Waals surface area contributed by atoms with Gasteiger partial charge in [0.1, 0.15) is 17.1 Å². The van der Waals surface area contributed by atoms with E-state index in [0.717, 1.165) is 11.2 Å². The molecule has 0 unspecified atom stereocenters. The smallest absolute Gasteiger partial charge is 0.490 e. The van der Waals surface area contributed by atoms with Crippen LogP contribution in [0.4, 0.5) is 13.2 Å². The van der Waals surface area contributed by atoms with E-state index in [-0.39, 0.29) is 11.8 Å². The zero-order chi connectivity index (χ0) is 25.8. The lowest BCUT2D eigenvalue weighted by atomic mass is 10.1. The van der Waals surface area contributed by atoms with Crippen LogP contribution in [0.1, 0.15) is 26.4 Å².